The molecule has 406 valence electrons. The smallest absolute Gasteiger partial charge is 0.296 e. The lowest BCUT2D eigenvalue weighted by atomic mass is 10.1. The summed E-state index contributed by atoms with van der Waals surface area (Å²) in [5.74, 6) is -1.82. The molecule has 0 bridgehead atoms. The predicted molar refractivity (Wildman–Crippen MR) is 272 cm³/mol. The molecule has 77 heavy (non-hydrogen) atoms. The highest BCUT2D eigenvalue weighted by atomic mass is 32.2. The van der Waals surface area contributed by atoms with Crippen molar-refractivity contribution >= 4 is 147 Å². The van der Waals surface area contributed by atoms with Crippen LogP contribution in [0.25, 0.3) is 21.5 Å². The van der Waals surface area contributed by atoms with Crippen molar-refractivity contribution in [2.75, 3.05) is 28.5 Å². The summed E-state index contributed by atoms with van der Waals surface area (Å²) in [6.07, 6.45) is 0. The molecular weight excluding hydrogens is 1170 g/mol. The van der Waals surface area contributed by atoms with Crippen molar-refractivity contribution in [3.63, 3.8) is 0 Å². The van der Waals surface area contributed by atoms with Gasteiger partial charge in [0.25, 0.3) is 40.4 Å². The van der Waals surface area contributed by atoms with Crippen LogP contribution in [0.5, 0.6) is 5.75 Å². The Morgan fingerprint density at radius 2 is 1.17 bits per heavy atom. The van der Waals surface area contributed by atoms with Gasteiger partial charge in [0, 0.05) is 16.5 Å². The minimum atomic E-state index is -5.26. The zero-order valence-electron chi connectivity index (χ0n) is 37.8. The van der Waals surface area contributed by atoms with Gasteiger partial charge in [-0.2, -0.15) is 35.5 Å². The van der Waals surface area contributed by atoms with E-state index in [1.807, 2.05) is 0 Å². The van der Waals surface area contributed by atoms with Gasteiger partial charge < -0.3 is 16.6 Å². The molecule has 0 aliphatic carbocycles. The topological polar surface area (TPSA) is 476 Å². The number of hydrogen-bond donors (Lipinski definition) is 9. The van der Waals surface area contributed by atoms with E-state index in [0.29, 0.717) is 6.07 Å². The Morgan fingerprint density at radius 3 is 1.79 bits per heavy atom. The fourth-order valence-corrected chi connectivity index (χ4v) is 11.9. The average molecular weight is 1200 g/mol. The molecule has 0 aliphatic heterocycles. The molecule has 7 aromatic carbocycles. The van der Waals surface area contributed by atoms with Crippen molar-refractivity contribution in [1.29, 1.82) is 0 Å². The van der Waals surface area contributed by atoms with Crippen LogP contribution in [0.2, 0.25) is 0 Å². The fourth-order valence-electron chi connectivity index (χ4n) is 6.82. The van der Waals surface area contributed by atoms with Crippen LogP contribution in [-0.2, 0) is 73.1 Å². The third-order valence-corrected chi connectivity index (χ3v) is 16.9. The number of azo groups is 3. The van der Waals surface area contributed by atoms with Crippen LogP contribution < -0.4 is 16.2 Å². The SMILES string of the molecule is Nc1ccc2c(S(=O)(=O)O)cccc2c1/N=N/c1ccc(NS(=O)(=O)c2ccc(/N=N/c3c(S(=O)(=O)O)cc4cc(SOOO)c(/N=N/c5ccc(S(=O)(=O)CCOSOOO)cc5S(=O)(=O)O)c(N)c4c3O)cc2)cc1. The number of hydrogen-bond acceptors (Lipinski definition) is 28. The van der Waals surface area contributed by atoms with Gasteiger partial charge in [0.05, 0.1) is 67.2 Å². The van der Waals surface area contributed by atoms with Crippen molar-refractivity contribution in [3.05, 3.63) is 109 Å². The van der Waals surface area contributed by atoms with E-state index in [4.69, 9.17) is 26.2 Å². The Bertz CT molecular complexity index is 4120. The summed E-state index contributed by atoms with van der Waals surface area (Å²) in [5, 5.41) is 58.9. The van der Waals surface area contributed by atoms with Gasteiger partial charge >= 0.3 is 0 Å². The average Bonchev–Trinajstić information content (AvgIpc) is 3.37. The summed E-state index contributed by atoms with van der Waals surface area (Å²) in [7, 11) is -23.7. The van der Waals surface area contributed by atoms with Crippen molar-refractivity contribution < 1.29 is 94.3 Å². The molecule has 0 heterocycles. The second kappa shape index (κ2) is 23.4. The van der Waals surface area contributed by atoms with E-state index < -0.39 is 111 Å². The molecule has 0 atom stereocenters. The van der Waals surface area contributed by atoms with E-state index in [1.165, 1.54) is 54.6 Å². The summed E-state index contributed by atoms with van der Waals surface area (Å²) in [4.78, 5) is -3.70. The minimum absolute atomic E-state index is 0.0777. The number of anilines is 3. The van der Waals surface area contributed by atoms with Gasteiger partial charge in [-0.3, -0.25) is 22.6 Å². The highest BCUT2D eigenvalue weighted by Crippen LogP contribution is 2.50. The van der Waals surface area contributed by atoms with E-state index in [-0.39, 0.29) is 83.6 Å². The molecule has 0 spiro atoms. The first-order valence-corrected chi connectivity index (χ1v) is 29.2. The van der Waals surface area contributed by atoms with Crippen LogP contribution in [0, 0.1) is 0 Å². The van der Waals surface area contributed by atoms with Gasteiger partial charge in [-0.15, -0.1) is 29.1 Å². The summed E-state index contributed by atoms with van der Waals surface area (Å²) >= 11 is 0.244. The van der Waals surface area contributed by atoms with E-state index in [1.54, 1.807) is 0 Å². The van der Waals surface area contributed by atoms with Gasteiger partial charge in [-0.1, -0.05) is 28.3 Å². The van der Waals surface area contributed by atoms with Crippen LogP contribution in [0.15, 0.2) is 169 Å². The third-order valence-electron chi connectivity index (χ3n) is 10.2. The molecule has 0 unspecified atom stereocenters. The fraction of sp³-hybridized carbons (Fsp3) is 0.0500. The summed E-state index contributed by atoms with van der Waals surface area (Å²) in [6.45, 7) is -0.555. The van der Waals surface area contributed by atoms with Crippen LogP contribution in [0.1, 0.15) is 0 Å². The molecule has 0 radical (unpaired) electrons. The van der Waals surface area contributed by atoms with Gasteiger partial charge in [-0.05, 0) is 96.4 Å². The number of phenolic OH excluding ortho intramolecular Hbond substituents is 1. The Kier molecular flexibility index (Phi) is 17.5. The number of nitrogens with one attached hydrogen (secondary N) is 1. The highest BCUT2D eigenvalue weighted by molar-refractivity contribution is 7.94. The second-order valence-corrected chi connectivity index (χ2v) is 24.3. The maximum atomic E-state index is 13.4. The summed E-state index contributed by atoms with van der Waals surface area (Å²) in [5.41, 5.74) is 10.2. The molecule has 11 N–H and O–H groups in total. The van der Waals surface area contributed by atoms with Gasteiger partial charge in [-0.25, -0.2) is 27.4 Å². The summed E-state index contributed by atoms with van der Waals surface area (Å²) in [6, 6.07) is 21.1. The predicted octanol–water partition coefficient (Wildman–Crippen LogP) is 8.85. The number of benzene rings is 7. The highest BCUT2D eigenvalue weighted by Gasteiger charge is 2.27. The molecule has 30 nitrogen and oxygen atoms in total. The number of fused-ring (bicyclic) bond motifs is 2. The lowest BCUT2D eigenvalue weighted by molar-refractivity contribution is -0.434. The maximum Gasteiger partial charge on any atom is 0.296 e. The van der Waals surface area contributed by atoms with Gasteiger partial charge in [0.1, 0.15) is 37.4 Å². The summed E-state index contributed by atoms with van der Waals surface area (Å²) < 4.78 is 172. The first kappa shape index (κ1) is 57.8. The normalized spacial score (nSPS) is 12.9. The van der Waals surface area contributed by atoms with Gasteiger partial charge in [0.2, 0.25) is 0 Å². The Balaban J connectivity index is 1.15. The van der Waals surface area contributed by atoms with Gasteiger partial charge in [0.15, 0.2) is 27.9 Å². The third kappa shape index (κ3) is 13.6. The molecule has 0 saturated carbocycles. The quantitative estimate of drug-likeness (QED) is 0.00581. The number of rotatable bonds is 22. The van der Waals surface area contributed by atoms with Crippen molar-refractivity contribution in [1.82, 2.24) is 0 Å². The van der Waals surface area contributed by atoms with Crippen LogP contribution in [0.3, 0.4) is 0 Å². The van der Waals surface area contributed by atoms with Crippen molar-refractivity contribution in [3.8, 4) is 5.75 Å². The Hall–Kier alpha value is -6.89. The van der Waals surface area contributed by atoms with Crippen molar-refractivity contribution in [2.24, 2.45) is 30.7 Å². The van der Waals surface area contributed by atoms with E-state index >= 15 is 0 Å². The maximum absolute atomic E-state index is 13.4. The molecule has 7 rings (SSSR count). The zero-order valence-corrected chi connectivity index (χ0v) is 43.5. The standard InChI is InChI=1S/C40H33N9O21S7/c41-29-14-13-27-28(2-1-3-32(27)75(57,58)59)37(29)46-43-22-4-6-24(7-5-22)49-74(55,56)25-10-8-23(9-11-25)44-48-39-34(77(63,64)65)19-21-18-31(71-69-67-51)38(36(42)35(21)40(39)50)47-45-30-15-12-26(20-33(30)76(60,61)62)73(53,54)17-16-66-72-70-68-52/h1-15,18-20,49-52H,16-17,41-42H2,(H,57,58,59)(H,60,61,62)(H,63,64,65)/b46-43+,47-45+,48-44+. The van der Waals surface area contributed by atoms with E-state index in [2.05, 4.69) is 54.2 Å². The van der Waals surface area contributed by atoms with Crippen LogP contribution in [-0.4, -0.2) is 83.7 Å². The molecule has 0 amide bonds. The number of sulfonamides is 1. The first-order valence-electron chi connectivity index (χ1n) is 20.4. The van der Waals surface area contributed by atoms with E-state index in [0.717, 1.165) is 48.5 Å². The largest absolute Gasteiger partial charge is 0.505 e. The second-order valence-electron chi connectivity index (χ2n) is 15.0. The van der Waals surface area contributed by atoms with E-state index in [9.17, 15) is 60.9 Å². The zero-order chi connectivity index (χ0) is 56.1. The molecule has 0 fully saturated rings. The Labute approximate surface area is 442 Å². The lowest BCUT2D eigenvalue weighted by Crippen LogP contribution is -2.12. The first-order chi connectivity index (χ1) is 36.2. The number of nitrogen functional groups attached to an aromatic ring is 2. The number of phenols is 1. The molecule has 37 heteroatoms. The lowest BCUT2D eigenvalue weighted by Gasteiger charge is -2.14. The molecule has 0 aromatic heterocycles. The number of nitrogens with two attached hydrogens (primary N) is 2. The van der Waals surface area contributed by atoms with Crippen LogP contribution in [0.4, 0.5) is 51.2 Å². The molecule has 0 saturated heterocycles. The molecular formula is C40H33N9O21S7. The molecule has 0 aliphatic rings. The number of aromatic hydroxyl groups is 1. The number of sulfone groups is 1. The van der Waals surface area contributed by atoms with Crippen LogP contribution >= 0.6 is 24.4 Å². The minimum Gasteiger partial charge on any atom is -0.505 e. The Morgan fingerprint density at radius 1 is 0.571 bits per heavy atom. The number of nitrogens with zero attached hydrogens (tertiary/aromatic N) is 6. The monoisotopic (exact) mass is 1200 g/mol. The molecule has 7 aromatic rings. The van der Waals surface area contributed by atoms with Crippen molar-refractivity contribution in [2.45, 2.75) is 29.4 Å².